The molecule has 1 rings (SSSR count). The standard InChI is InChI=1S/C11H22N4O2/c12-10(15-17)3-1-2-6-13-7-8-14-11(16)9-4-5-9/h9,13,17H,1-8H2,(H2,12,15)(H,14,16). The minimum atomic E-state index is 0.193. The Morgan fingerprint density at radius 1 is 1.29 bits per heavy atom. The molecular weight excluding hydrogens is 220 g/mol. The highest BCUT2D eigenvalue weighted by atomic mass is 16.4. The summed E-state index contributed by atoms with van der Waals surface area (Å²) in [4.78, 5) is 11.3. The monoisotopic (exact) mass is 242 g/mol. The van der Waals surface area contributed by atoms with Gasteiger partial charge in [0.15, 0.2) is 0 Å². The Bertz CT molecular complexity index is 264. The summed E-state index contributed by atoms with van der Waals surface area (Å²) in [5.74, 6) is 0.760. The number of unbranched alkanes of at least 4 members (excludes halogenated alkanes) is 1. The predicted molar refractivity (Wildman–Crippen MR) is 65.9 cm³/mol. The van der Waals surface area contributed by atoms with Crippen LogP contribution in [0.4, 0.5) is 0 Å². The minimum absolute atomic E-state index is 0.193. The summed E-state index contributed by atoms with van der Waals surface area (Å²) in [6.45, 7) is 2.37. The summed E-state index contributed by atoms with van der Waals surface area (Å²) in [6.07, 6.45) is 4.60. The van der Waals surface area contributed by atoms with E-state index in [9.17, 15) is 4.79 Å². The average Bonchev–Trinajstić information content (AvgIpc) is 3.15. The zero-order valence-electron chi connectivity index (χ0n) is 10.1. The molecular formula is C11H22N4O2. The highest BCUT2D eigenvalue weighted by Gasteiger charge is 2.28. The normalized spacial score (nSPS) is 15.9. The van der Waals surface area contributed by atoms with Gasteiger partial charge in [-0.05, 0) is 32.2 Å². The van der Waals surface area contributed by atoms with Crippen LogP contribution in [0, 0.1) is 5.92 Å². The van der Waals surface area contributed by atoms with E-state index in [0.717, 1.165) is 38.8 Å². The number of nitrogens with two attached hydrogens (primary N) is 1. The third-order valence-electron chi connectivity index (χ3n) is 2.71. The third-order valence-corrected chi connectivity index (χ3v) is 2.71. The second-order valence-corrected chi connectivity index (χ2v) is 4.36. The molecule has 1 amide bonds. The van der Waals surface area contributed by atoms with Crippen molar-refractivity contribution in [2.75, 3.05) is 19.6 Å². The fraction of sp³-hybridized carbons (Fsp3) is 0.818. The van der Waals surface area contributed by atoms with Gasteiger partial charge < -0.3 is 21.6 Å². The first kappa shape index (κ1) is 13.8. The van der Waals surface area contributed by atoms with E-state index in [1.165, 1.54) is 0 Å². The van der Waals surface area contributed by atoms with Crippen molar-refractivity contribution in [1.82, 2.24) is 10.6 Å². The van der Waals surface area contributed by atoms with Crippen molar-refractivity contribution in [3.05, 3.63) is 0 Å². The molecule has 1 fully saturated rings. The minimum Gasteiger partial charge on any atom is -0.409 e. The molecule has 6 nitrogen and oxygen atoms in total. The van der Waals surface area contributed by atoms with E-state index in [2.05, 4.69) is 15.8 Å². The number of oxime groups is 1. The molecule has 0 aromatic heterocycles. The molecule has 1 saturated carbocycles. The molecule has 0 aromatic rings. The summed E-state index contributed by atoms with van der Waals surface area (Å²) >= 11 is 0. The highest BCUT2D eigenvalue weighted by molar-refractivity contribution is 5.80. The number of hydrogen-bond donors (Lipinski definition) is 4. The van der Waals surface area contributed by atoms with E-state index in [-0.39, 0.29) is 17.7 Å². The second-order valence-electron chi connectivity index (χ2n) is 4.36. The quantitative estimate of drug-likeness (QED) is 0.150. The van der Waals surface area contributed by atoms with Crippen LogP contribution >= 0.6 is 0 Å². The van der Waals surface area contributed by atoms with E-state index in [1.54, 1.807) is 0 Å². The number of carbonyl (C=O) groups excluding carboxylic acids is 1. The van der Waals surface area contributed by atoms with Crippen LogP contribution < -0.4 is 16.4 Å². The number of amidine groups is 1. The molecule has 0 spiro atoms. The van der Waals surface area contributed by atoms with Crippen molar-refractivity contribution in [2.24, 2.45) is 16.8 Å². The molecule has 1 aliphatic rings. The maximum absolute atomic E-state index is 11.3. The topological polar surface area (TPSA) is 99.7 Å². The molecule has 5 N–H and O–H groups in total. The van der Waals surface area contributed by atoms with Crippen molar-refractivity contribution < 1.29 is 10.0 Å². The summed E-state index contributed by atoms with van der Waals surface area (Å²) in [7, 11) is 0. The van der Waals surface area contributed by atoms with Gasteiger partial charge >= 0.3 is 0 Å². The summed E-state index contributed by atoms with van der Waals surface area (Å²) in [5.41, 5.74) is 5.34. The van der Waals surface area contributed by atoms with Crippen molar-refractivity contribution in [1.29, 1.82) is 0 Å². The van der Waals surface area contributed by atoms with Gasteiger partial charge in [-0.2, -0.15) is 0 Å². The van der Waals surface area contributed by atoms with Gasteiger partial charge in [-0.25, -0.2) is 0 Å². The van der Waals surface area contributed by atoms with Crippen LogP contribution in [0.2, 0.25) is 0 Å². The van der Waals surface area contributed by atoms with Gasteiger partial charge in [0.25, 0.3) is 0 Å². The lowest BCUT2D eigenvalue weighted by atomic mass is 10.2. The lowest BCUT2D eigenvalue weighted by molar-refractivity contribution is -0.122. The molecule has 0 unspecified atom stereocenters. The van der Waals surface area contributed by atoms with Gasteiger partial charge in [-0.1, -0.05) is 5.16 Å². The first-order valence-corrected chi connectivity index (χ1v) is 6.19. The highest BCUT2D eigenvalue weighted by Crippen LogP contribution is 2.28. The molecule has 0 aliphatic heterocycles. The molecule has 98 valence electrons. The van der Waals surface area contributed by atoms with Crippen molar-refractivity contribution in [2.45, 2.75) is 32.1 Å². The average molecular weight is 242 g/mol. The Hall–Kier alpha value is -1.30. The van der Waals surface area contributed by atoms with Crippen LogP contribution in [0.3, 0.4) is 0 Å². The largest absolute Gasteiger partial charge is 0.409 e. The van der Waals surface area contributed by atoms with Gasteiger partial charge in [-0.3, -0.25) is 4.79 Å². The molecule has 1 aliphatic carbocycles. The Morgan fingerprint density at radius 3 is 2.71 bits per heavy atom. The van der Waals surface area contributed by atoms with Gasteiger partial charge in [0.05, 0.1) is 0 Å². The van der Waals surface area contributed by atoms with Crippen molar-refractivity contribution >= 4 is 11.7 Å². The van der Waals surface area contributed by atoms with Crippen LogP contribution in [0.1, 0.15) is 32.1 Å². The molecule has 0 bridgehead atoms. The van der Waals surface area contributed by atoms with E-state index in [4.69, 9.17) is 10.9 Å². The van der Waals surface area contributed by atoms with Crippen molar-refractivity contribution in [3.8, 4) is 0 Å². The van der Waals surface area contributed by atoms with Crippen LogP contribution in [0.25, 0.3) is 0 Å². The summed E-state index contributed by atoms with van der Waals surface area (Å²) in [6, 6.07) is 0. The van der Waals surface area contributed by atoms with Crippen LogP contribution in [-0.4, -0.2) is 36.6 Å². The summed E-state index contributed by atoms with van der Waals surface area (Å²) in [5, 5.41) is 17.3. The van der Waals surface area contributed by atoms with Gasteiger partial charge in [-0.15, -0.1) is 0 Å². The third kappa shape index (κ3) is 6.78. The Morgan fingerprint density at radius 2 is 2.06 bits per heavy atom. The zero-order valence-corrected chi connectivity index (χ0v) is 10.1. The number of carbonyl (C=O) groups is 1. The Labute approximate surface area is 102 Å². The van der Waals surface area contributed by atoms with E-state index in [1.807, 2.05) is 0 Å². The van der Waals surface area contributed by atoms with E-state index >= 15 is 0 Å². The fourth-order valence-electron chi connectivity index (χ4n) is 1.50. The number of amides is 1. The molecule has 6 heteroatoms. The van der Waals surface area contributed by atoms with Crippen molar-refractivity contribution in [3.63, 3.8) is 0 Å². The van der Waals surface area contributed by atoms with Crippen LogP contribution in [0.15, 0.2) is 5.16 Å². The number of nitrogens with one attached hydrogen (secondary N) is 2. The predicted octanol–water partition coefficient (Wildman–Crippen LogP) is 0.0189. The number of hydrogen-bond acceptors (Lipinski definition) is 4. The SMILES string of the molecule is NC(CCCCNCCNC(=O)C1CC1)=NO. The lowest BCUT2D eigenvalue weighted by Gasteiger charge is -2.06. The summed E-state index contributed by atoms with van der Waals surface area (Å²) < 4.78 is 0. The Kier molecular flexibility index (Phi) is 6.39. The van der Waals surface area contributed by atoms with Crippen LogP contribution in [0.5, 0.6) is 0 Å². The molecule has 0 saturated heterocycles. The molecule has 0 heterocycles. The maximum atomic E-state index is 11.3. The molecule has 0 atom stereocenters. The smallest absolute Gasteiger partial charge is 0.223 e. The molecule has 0 radical (unpaired) electrons. The maximum Gasteiger partial charge on any atom is 0.223 e. The van der Waals surface area contributed by atoms with E-state index in [0.29, 0.717) is 13.0 Å². The number of rotatable bonds is 9. The molecule has 17 heavy (non-hydrogen) atoms. The second kappa shape index (κ2) is 7.89. The zero-order chi connectivity index (χ0) is 12.5. The van der Waals surface area contributed by atoms with Crippen LogP contribution in [-0.2, 0) is 4.79 Å². The van der Waals surface area contributed by atoms with Gasteiger partial charge in [0, 0.05) is 25.4 Å². The van der Waals surface area contributed by atoms with Gasteiger partial charge in [0.1, 0.15) is 5.84 Å². The Balaban J connectivity index is 1.79. The van der Waals surface area contributed by atoms with Gasteiger partial charge in [0.2, 0.25) is 5.91 Å². The fourth-order valence-corrected chi connectivity index (χ4v) is 1.50. The number of nitrogens with zero attached hydrogens (tertiary/aromatic N) is 1. The van der Waals surface area contributed by atoms with E-state index < -0.39 is 0 Å². The first-order chi connectivity index (χ1) is 8.24. The molecule has 0 aromatic carbocycles. The lowest BCUT2D eigenvalue weighted by Crippen LogP contribution is -2.33. The first-order valence-electron chi connectivity index (χ1n) is 6.19.